The molecule has 5 nitrogen and oxygen atoms in total. The maximum absolute atomic E-state index is 10.7. The van der Waals surface area contributed by atoms with Crippen molar-refractivity contribution < 1.29 is 4.92 Å². The smallest absolute Gasteiger partial charge is 0.282 e. The van der Waals surface area contributed by atoms with E-state index >= 15 is 0 Å². The number of rotatable bonds is 6. The van der Waals surface area contributed by atoms with Gasteiger partial charge in [-0.1, -0.05) is 6.92 Å². The molecule has 1 rings (SSSR count). The zero-order chi connectivity index (χ0) is 12.8. The van der Waals surface area contributed by atoms with Crippen LogP contribution in [0, 0.1) is 19.6 Å². The van der Waals surface area contributed by atoms with Crippen molar-refractivity contribution in [2.75, 3.05) is 25.5 Å². The van der Waals surface area contributed by atoms with Gasteiger partial charge in [0.15, 0.2) is 0 Å². The fraction of sp³-hybridized carbons (Fsp3) is 0.455. The summed E-state index contributed by atoms with van der Waals surface area (Å²) in [6.45, 7) is 3.92. The highest BCUT2D eigenvalue weighted by atomic mass is 127. The Morgan fingerprint density at radius 2 is 2.18 bits per heavy atom. The van der Waals surface area contributed by atoms with Gasteiger partial charge in [0.25, 0.3) is 5.69 Å². The normalized spacial score (nSPS) is 12.2. The largest absolute Gasteiger partial charge is 0.385 e. The summed E-state index contributed by atoms with van der Waals surface area (Å²) < 4.78 is 0.652. The third kappa shape index (κ3) is 4.47. The molecule has 0 amide bonds. The molecule has 0 aromatic heterocycles. The zero-order valence-corrected chi connectivity index (χ0v) is 12.0. The van der Waals surface area contributed by atoms with E-state index in [0.717, 1.165) is 18.8 Å². The minimum Gasteiger partial charge on any atom is -0.385 e. The topological polar surface area (TPSA) is 67.2 Å². The molecule has 0 saturated carbocycles. The first-order valence-corrected chi connectivity index (χ1v) is 6.45. The van der Waals surface area contributed by atoms with E-state index in [4.69, 9.17) is 0 Å². The molecule has 1 atom stereocenters. The van der Waals surface area contributed by atoms with Gasteiger partial charge in [0.05, 0.1) is 8.49 Å². The van der Waals surface area contributed by atoms with E-state index in [9.17, 15) is 10.1 Å². The highest BCUT2D eigenvalue weighted by Gasteiger charge is 2.11. The van der Waals surface area contributed by atoms with Crippen molar-refractivity contribution in [2.45, 2.75) is 6.92 Å². The molecule has 2 N–H and O–H groups in total. The van der Waals surface area contributed by atoms with Crippen molar-refractivity contribution in [1.82, 2.24) is 5.32 Å². The third-order valence-electron chi connectivity index (χ3n) is 2.35. The second-order valence-electron chi connectivity index (χ2n) is 3.97. The van der Waals surface area contributed by atoms with Crippen molar-refractivity contribution in [3.8, 4) is 0 Å². The lowest BCUT2D eigenvalue weighted by atomic mass is 10.2. The van der Waals surface area contributed by atoms with Crippen LogP contribution in [0.5, 0.6) is 0 Å². The summed E-state index contributed by atoms with van der Waals surface area (Å²) in [5.74, 6) is 0.507. The number of nitro groups is 1. The van der Waals surface area contributed by atoms with E-state index in [-0.39, 0.29) is 10.6 Å². The monoisotopic (exact) mass is 349 g/mol. The maximum Gasteiger partial charge on any atom is 0.282 e. The van der Waals surface area contributed by atoms with Gasteiger partial charge in [-0.15, -0.1) is 0 Å². The van der Waals surface area contributed by atoms with Crippen LogP contribution in [0.4, 0.5) is 11.4 Å². The number of hydrogen-bond donors (Lipinski definition) is 2. The summed E-state index contributed by atoms with van der Waals surface area (Å²) in [6, 6.07) is 5.07. The molecule has 0 fully saturated rings. The second kappa shape index (κ2) is 6.75. The molecule has 0 saturated heterocycles. The minimum absolute atomic E-state index is 0.152. The van der Waals surface area contributed by atoms with Gasteiger partial charge < -0.3 is 10.6 Å². The Bertz CT molecular complexity index is 398. The summed E-state index contributed by atoms with van der Waals surface area (Å²) >= 11 is 1.98. The van der Waals surface area contributed by atoms with Crippen LogP contribution in [-0.4, -0.2) is 25.1 Å². The Morgan fingerprint density at radius 1 is 1.47 bits per heavy atom. The van der Waals surface area contributed by atoms with Gasteiger partial charge in [-0.2, -0.15) is 0 Å². The number of nitrogens with one attached hydrogen (secondary N) is 2. The average Bonchev–Trinajstić information content (AvgIpc) is 2.26. The SMILES string of the molecule is CNCC(C)CNc1ccc([N+](=O)[O-])c(I)c1. The predicted octanol–water partition coefficient (Wildman–Crippen LogP) is 2.47. The van der Waals surface area contributed by atoms with Gasteiger partial charge in [-0.25, -0.2) is 0 Å². The predicted molar refractivity (Wildman–Crippen MR) is 77.4 cm³/mol. The first kappa shape index (κ1) is 14.2. The fourth-order valence-electron chi connectivity index (χ4n) is 1.48. The molecule has 1 aromatic rings. The Kier molecular flexibility index (Phi) is 5.63. The number of hydrogen-bond acceptors (Lipinski definition) is 4. The highest BCUT2D eigenvalue weighted by molar-refractivity contribution is 14.1. The molecule has 0 aliphatic heterocycles. The maximum atomic E-state index is 10.7. The quantitative estimate of drug-likeness (QED) is 0.470. The van der Waals surface area contributed by atoms with Crippen LogP contribution in [0.3, 0.4) is 0 Å². The number of halogens is 1. The molecule has 0 heterocycles. The molecule has 0 bridgehead atoms. The van der Waals surface area contributed by atoms with Crippen LogP contribution in [-0.2, 0) is 0 Å². The number of nitrogens with zero attached hydrogens (tertiary/aromatic N) is 1. The first-order chi connectivity index (χ1) is 8.04. The lowest BCUT2D eigenvalue weighted by Crippen LogP contribution is -2.22. The summed E-state index contributed by atoms with van der Waals surface area (Å²) in [6.07, 6.45) is 0. The first-order valence-electron chi connectivity index (χ1n) is 5.37. The van der Waals surface area contributed by atoms with Crippen LogP contribution in [0.1, 0.15) is 6.92 Å². The van der Waals surface area contributed by atoms with Gasteiger partial charge >= 0.3 is 0 Å². The van der Waals surface area contributed by atoms with Crippen molar-refractivity contribution >= 4 is 34.0 Å². The molecule has 0 aliphatic carbocycles. The average molecular weight is 349 g/mol. The fourth-order valence-corrected chi connectivity index (χ4v) is 2.19. The molecule has 17 heavy (non-hydrogen) atoms. The second-order valence-corrected chi connectivity index (χ2v) is 5.13. The van der Waals surface area contributed by atoms with Crippen LogP contribution in [0.2, 0.25) is 0 Å². The van der Waals surface area contributed by atoms with Crippen LogP contribution < -0.4 is 10.6 Å². The Hall–Kier alpha value is -0.890. The summed E-state index contributed by atoms with van der Waals surface area (Å²) in [5, 5.41) is 17.0. The van der Waals surface area contributed by atoms with E-state index in [1.54, 1.807) is 12.1 Å². The lowest BCUT2D eigenvalue weighted by Gasteiger charge is -2.13. The molecule has 0 radical (unpaired) electrons. The molecule has 0 aliphatic rings. The third-order valence-corrected chi connectivity index (χ3v) is 3.22. The molecular formula is C11H16IN3O2. The van der Waals surface area contributed by atoms with Crippen molar-refractivity contribution in [3.63, 3.8) is 0 Å². The molecule has 94 valence electrons. The molecule has 1 unspecified atom stereocenters. The highest BCUT2D eigenvalue weighted by Crippen LogP contribution is 2.24. The summed E-state index contributed by atoms with van der Waals surface area (Å²) in [5.41, 5.74) is 1.07. The lowest BCUT2D eigenvalue weighted by molar-refractivity contribution is -0.385. The van der Waals surface area contributed by atoms with Gasteiger partial charge in [-0.05, 0) is 54.2 Å². The van der Waals surface area contributed by atoms with Gasteiger partial charge in [0, 0.05) is 18.3 Å². The Morgan fingerprint density at radius 3 is 2.71 bits per heavy atom. The van der Waals surface area contributed by atoms with Crippen molar-refractivity contribution in [3.05, 3.63) is 31.9 Å². The van der Waals surface area contributed by atoms with Gasteiger partial charge in [0.2, 0.25) is 0 Å². The summed E-state index contributed by atoms with van der Waals surface area (Å²) in [7, 11) is 1.92. The van der Waals surface area contributed by atoms with Crippen LogP contribution in [0.25, 0.3) is 0 Å². The van der Waals surface area contributed by atoms with Gasteiger partial charge in [0.1, 0.15) is 0 Å². The van der Waals surface area contributed by atoms with E-state index in [1.807, 2.05) is 29.6 Å². The minimum atomic E-state index is -0.366. The van der Waals surface area contributed by atoms with E-state index < -0.39 is 0 Å². The van der Waals surface area contributed by atoms with E-state index in [0.29, 0.717) is 9.49 Å². The van der Waals surface area contributed by atoms with E-state index in [2.05, 4.69) is 17.6 Å². The van der Waals surface area contributed by atoms with Crippen molar-refractivity contribution in [2.24, 2.45) is 5.92 Å². The Balaban J connectivity index is 2.62. The number of nitro benzene ring substituents is 1. The molecule has 6 heteroatoms. The van der Waals surface area contributed by atoms with E-state index in [1.165, 1.54) is 6.07 Å². The molecular weight excluding hydrogens is 333 g/mol. The zero-order valence-electron chi connectivity index (χ0n) is 9.87. The van der Waals surface area contributed by atoms with Crippen LogP contribution >= 0.6 is 22.6 Å². The standard InChI is InChI=1S/C11H16IN3O2/c1-8(6-13-2)7-14-9-3-4-11(15(16)17)10(12)5-9/h3-5,8,13-14H,6-7H2,1-2H3. The Labute approximate surface area is 114 Å². The summed E-state index contributed by atoms with van der Waals surface area (Å²) in [4.78, 5) is 10.3. The molecule has 0 spiro atoms. The number of anilines is 1. The molecule has 1 aromatic carbocycles. The van der Waals surface area contributed by atoms with Crippen molar-refractivity contribution in [1.29, 1.82) is 0 Å². The van der Waals surface area contributed by atoms with Gasteiger partial charge in [-0.3, -0.25) is 10.1 Å². The van der Waals surface area contributed by atoms with Crippen LogP contribution in [0.15, 0.2) is 18.2 Å². The number of benzene rings is 1.